The molecule has 0 heterocycles. The van der Waals surface area contributed by atoms with Gasteiger partial charge in [0.15, 0.2) is 5.82 Å². The Morgan fingerprint density at radius 2 is 2.00 bits per heavy atom. The molecule has 1 saturated carbocycles. The molecule has 1 fully saturated rings. The summed E-state index contributed by atoms with van der Waals surface area (Å²) in [6.45, 7) is 0.661. The van der Waals surface area contributed by atoms with Gasteiger partial charge in [0.05, 0.1) is 22.5 Å². The summed E-state index contributed by atoms with van der Waals surface area (Å²) < 4.78 is 13.8. The van der Waals surface area contributed by atoms with E-state index in [1.807, 2.05) is 0 Å². The fraction of sp³-hybridized carbons (Fsp3) is 0.538. The number of halogens is 2. The van der Waals surface area contributed by atoms with Gasteiger partial charge in [-0.05, 0) is 43.7 Å². The number of anilines is 2. The van der Waals surface area contributed by atoms with Gasteiger partial charge in [-0.1, -0.05) is 11.6 Å². The largest absolute Gasteiger partial charge is 0.397 e. The third-order valence-electron chi connectivity index (χ3n) is 3.51. The monoisotopic (exact) mass is 272 g/mol. The number of benzene rings is 1. The molecule has 1 aliphatic carbocycles. The summed E-state index contributed by atoms with van der Waals surface area (Å²) in [5.41, 5.74) is 6.38. The number of nitrogen functional groups attached to an aromatic ring is 1. The first-order chi connectivity index (χ1) is 8.58. The number of aliphatic hydroxyl groups excluding tert-OH is 1. The molecule has 0 saturated heterocycles. The topological polar surface area (TPSA) is 58.3 Å². The smallest absolute Gasteiger partial charge is 0.166 e. The highest BCUT2D eigenvalue weighted by molar-refractivity contribution is 6.31. The van der Waals surface area contributed by atoms with Crippen molar-refractivity contribution < 1.29 is 9.50 Å². The van der Waals surface area contributed by atoms with Gasteiger partial charge in [-0.15, -0.1) is 0 Å². The predicted octanol–water partition coefficient (Wildman–Crippen LogP) is 3.02. The molecule has 18 heavy (non-hydrogen) atoms. The Kier molecular flexibility index (Phi) is 4.30. The van der Waals surface area contributed by atoms with Crippen LogP contribution in [-0.4, -0.2) is 17.8 Å². The third-order valence-corrected chi connectivity index (χ3v) is 3.80. The summed E-state index contributed by atoms with van der Waals surface area (Å²) in [5.74, 6) is -0.0429. The summed E-state index contributed by atoms with van der Waals surface area (Å²) >= 11 is 5.72. The fourth-order valence-electron chi connectivity index (χ4n) is 2.34. The molecule has 4 N–H and O–H groups in total. The molecule has 0 unspecified atom stereocenters. The first kappa shape index (κ1) is 13.4. The first-order valence-corrected chi connectivity index (χ1v) is 6.61. The highest BCUT2D eigenvalue weighted by Crippen LogP contribution is 2.30. The van der Waals surface area contributed by atoms with Crippen molar-refractivity contribution in [3.8, 4) is 0 Å². The van der Waals surface area contributed by atoms with Gasteiger partial charge in [0.1, 0.15) is 0 Å². The van der Waals surface area contributed by atoms with Crippen molar-refractivity contribution in [1.82, 2.24) is 0 Å². The number of hydrogen-bond donors (Lipinski definition) is 3. The molecule has 0 aliphatic heterocycles. The van der Waals surface area contributed by atoms with Crippen LogP contribution in [0.2, 0.25) is 5.02 Å². The average molecular weight is 273 g/mol. The summed E-state index contributed by atoms with van der Waals surface area (Å²) in [6.07, 6.45) is 3.38. The highest BCUT2D eigenvalue weighted by atomic mass is 35.5. The van der Waals surface area contributed by atoms with Crippen molar-refractivity contribution in [2.45, 2.75) is 31.8 Å². The van der Waals surface area contributed by atoms with Crippen LogP contribution in [0.5, 0.6) is 0 Å². The van der Waals surface area contributed by atoms with Gasteiger partial charge in [0, 0.05) is 6.54 Å². The zero-order valence-electron chi connectivity index (χ0n) is 10.1. The van der Waals surface area contributed by atoms with E-state index in [0.29, 0.717) is 18.2 Å². The molecule has 100 valence electrons. The zero-order valence-corrected chi connectivity index (χ0v) is 10.9. The van der Waals surface area contributed by atoms with Crippen LogP contribution in [-0.2, 0) is 0 Å². The molecule has 1 aromatic carbocycles. The summed E-state index contributed by atoms with van der Waals surface area (Å²) in [6, 6.07) is 3.05. The minimum Gasteiger partial charge on any atom is -0.397 e. The minimum atomic E-state index is -0.493. The summed E-state index contributed by atoms with van der Waals surface area (Å²) in [4.78, 5) is 0. The molecule has 3 nitrogen and oxygen atoms in total. The van der Waals surface area contributed by atoms with Crippen molar-refractivity contribution in [3.63, 3.8) is 0 Å². The van der Waals surface area contributed by atoms with Gasteiger partial charge in [-0.3, -0.25) is 0 Å². The molecule has 0 spiro atoms. The molecular weight excluding hydrogens is 255 g/mol. The normalized spacial score (nSPS) is 23.9. The van der Waals surface area contributed by atoms with E-state index in [9.17, 15) is 9.50 Å². The Morgan fingerprint density at radius 1 is 1.33 bits per heavy atom. The van der Waals surface area contributed by atoms with Gasteiger partial charge in [0.2, 0.25) is 0 Å². The number of nitrogens with one attached hydrogen (secondary N) is 1. The van der Waals surface area contributed by atoms with Gasteiger partial charge in [0.25, 0.3) is 0 Å². The lowest BCUT2D eigenvalue weighted by Gasteiger charge is -2.26. The average Bonchev–Trinajstić information content (AvgIpc) is 2.36. The molecule has 0 bridgehead atoms. The lowest BCUT2D eigenvalue weighted by molar-refractivity contribution is 0.111. The Labute approximate surface area is 111 Å². The van der Waals surface area contributed by atoms with E-state index in [1.54, 1.807) is 6.07 Å². The molecule has 5 heteroatoms. The molecule has 0 aromatic heterocycles. The standard InChI is InChI=1S/C13H18ClFN2O/c14-10-5-6-11(16)13(12(10)15)17-7-8-1-3-9(18)4-2-8/h5-6,8-9,17-18H,1-4,7,16H2. The first-order valence-electron chi connectivity index (χ1n) is 6.23. The Bertz CT molecular complexity index is 420. The van der Waals surface area contributed by atoms with E-state index in [4.69, 9.17) is 17.3 Å². The van der Waals surface area contributed by atoms with Gasteiger partial charge < -0.3 is 16.2 Å². The SMILES string of the molecule is Nc1ccc(Cl)c(F)c1NCC1CCC(O)CC1. The van der Waals surface area contributed by atoms with Crippen LogP contribution in [0.25, 0.3) is 0 Å². The second kappa shape index (κ2) is 5.76. The maximum absolute atomic E-state index is 13.8. The quantitative estimate of drug-likeness (QED) is 0.742. The summed E-state index contributed by atoms with van der Waals surface area (Å²) in [7, 11) is 0. The number of nitrogens with two attached hydrogens (primary N) is 1. The second-order valence-electron chi connectivity index (χ2n) is 4.88. The van der Waals surface area contributed by atoms with E-state index in [0.717, 1.165) is 25.7 Å². The Morgan fingerprint density at radius 3 is 2.67 bits per heavy atom. The van der Waals surface area contributed by atoms with E-state index >= 15 is 0 Å². The van der Waals surface area contributed by atoms with Gasteiger partial charge >= 0.3 is 0 Å². The van der Waals surface area contributed by atoms with Gasteiger partial charge in [-0.2, -0.15) is 0 Å². The van der Waals surface area contributed by atoms with E-state index < -0.39 is 5.82 Å². The Balaban J connectivity index is 1.96. The van der Waals surface area contributed by atoms with Crippen molar-refractivity contribution in [2.75, 3.05) is 17.6 Å². The minimum absolute atomic E-state index is 0.0748. The predicted molar refractivity (Wildman–Crippen MR) is 72.3 cm³/mol. The number of rotatable bonds is 3. The van der Waals surface area contributed by atoms with E-state index in [1.165, 1.54) is 6.07 Å². The maximum atomic E-state index is 13.8. The highest BCUT2D eigenvalue weighted by Gasteiger charge is 2.20. The molecule has 1 aromatic rings. The molecular formula is C13H18ClFN2O. The number of aliphatic hydroxyl groups is 1. The van der Waals surface area contributed by atoms with E-state index in [-0.39, 0.29) is 16.8 Å². The van der Waals surface area contributed by atoms with Crippen molar-refractivity contribution in [2.24, 2.45) is 5.92 Å². The fourth-order valence-corrected chi connectivity index (χ4v) is 2.50. The van der Waals surface area contributed by atoms with Gasteiger partial charge in [-0.25, -0.2) is 4.39 Å². The molecule has 0 amide bonds. The molecule has 0 radical (unpaired) electrons. The van der Waals surface area contributed by atoms with Crippen LogP contribution in [0, 0.1) is 11.7 Å². The third kappa shape index (κ3) is 3.06. The molecule has 0 atom stereocenters. The van der Waals surface area contributed by atoms with Crippen molar-refractivity contribution in [1.29, 1.82) is 0 Å². The Hall–Kier alpha value is -1.00. The van der Waals surface area contributed by atoms with Crippen LogP contribution in [0.15, 0.2) is 12.1 Å². The van der Waals surface area contributed by atoms with Crippen LogP contribution in [0.3, 0.4) is 0 Å². The zero-order chi connectivity index (χ0) is 13.1. The van der Waals surface area contributed by atoms with Crippen LogP contribution in [0.4, 0.5) is 15.8 Å². The van der Waals surface area contributed by atoms with Crippen molar-refractivity contribution >= 4 is 23.0 Å². The molecule has 2 rings (SSSR count). The van der Waals surface area contributed by atoms with Crippen LogP contribution < -0.4 is 11.1 Å². The lowest BCUT2D eigenvalue weighted by atomic mass is 9.87. The second-order valence-corrected chi connectivity index (χ2v) is 5.29. The van der Waals surface area contributed by atoms with Crippen LogP contribution >= 0.6 is 11.6 Å². The van der Waals surface area contributed by atoms with Crippen LogP contribution in [0.1, 0.15) is 25.7 Å². The molecule has 1 aliphatic rings. The summed E-state index contributed by atoms with van der Waals surface area (Å²) in [5, 5.41) is 12.5. The maximum Gasteiger partial charge on any atom is 0.166 e. The van der Waals surface area contributed by atoms with E-state index in [2.05, 4.69) is 5.32 Å². The lowest BCUT2D eigenvalue weighted by Crippen LogP contribution is -2.24. The number of hydrogen-bond acceptors (Lipinski definition) is 3. The van der Waals surface area contributed by atoms with Crippen molar-refractivity contribution in [3.05, 3.63) is 23.0 Å².